The highest BCUT2D eigenvalue weighted by Gasteiger charge is 2.29. The first-order valence-corrected chi connectivity index (χ1v) is 18.6. The quantitative estimate of drug-likeness (QED) is 0.129. The van der Waals surface area contributed by atoms with E-state index in [2.05, 4.69) is 17.0 Å². The Bertz CT molecular complexity index is 1940. The zero-order valence-corrected chi connectivity index (χ0v) is 30.3. The van der Waals surface area contributed by atoms with Gasteiger partial charge in [-0.05, 0) is 62.6 Å². The maximum absolute atomic E-state index is 12.8. The molecule has 15 heteroatoms. The number of nitrogens with two attached hydrogens (primary N) is 2. The number of hydrogen-bond donors (Lipinski definition) is 3. The van der Waals surface area contributed by atoms with Crippen molar-refractivity contribution in [3.05, 3.63) is 75.8 Å². The Morgan fingerprint density at radius 3 is 2.37 bits per heavy atom. The minimum absolute atomic E-state index is 0.00615. The van der Waals surface area contributed by atoms with Crippen molar-refractivity contribution in [3.63, 3.8) is 0 Å². The molecule has 0 aliphatic carbocycles. The van der Waals surface area contributed by atoms with Gasteiger partial charge in [0.2, 0.25) is 5.91 Å². The summed E-state index contributed by atoms with van der Waals surface area (Å²) < 4.78 is 5.90. The first-order chi connectivity index (χ1) is 24.6. The summed E-state index contributed by atoms with van der Waals surface area (Å²) >= 11 is 8.98. The summed E-state index contributed by atoms with van der Waals surface area (Å²) in [6, 6.07) is 17.1. The molecule has 0 radical (unpaired) electrons. The van der Waals surface area contributed by atoms with Crippen molar-refractivity contribution >= 4 is 52.4 Å². The van der Waals surface area contributed by atoms with Crippen molar-refractivity contribution in [2.24, 2.45) is 11.5 Å². The number of anilines is 1. The van der Waals surface area contributed by atoms with Gasteiger partial charge in [-0.3, -0.25) is 4.79 Å². The predicted octanol–water partition coefficient (Wildman–Crippen LogP) is 5.52. The second-order valence-electron chi connectivity index (χ2n) is 11.8. The third-order valence-corrected chi connectivity index (χ3v) is 10.6. The number of aromatic nitrogens is 2. The second-order valence-corrected chi connectivity index (χ2v) is 14.1. The topological polar surface area (TPSA) is 195 Å². The molecule has 264 valence electrons. The number of aliphatic carboxylic acids is 1. The number of pyridine rings is 1. The summed E-state index contributed by atoms with van der Waals surface area (Å²) in [5, 5.41) is 34.5. The Morgan fingerprint density at radius 2 is 1.75 bits per heavy atom. The summed E-state index contributed by atoms with van der Waals surface area (Å²) in [7, 11) is 0. The van der Waals surface area contributed by atoms with Crippen molar-refractivity contribution < 1.29 is 19.4 Å². The number of ether oxygens (including phenoxy) is 1. The number of nitrogens with zero attached hydrogens (tertiary/aromatic N) is 6. The lowest BCUT2D eigenvalue weighted by atomic mass is 9.96. The van der Waals surface area contributed by atoms with Crippen LogP contribution < -0.4 is 21.1 Å². The number of thiazole rings is 1. The molecule has 5 rings (SSSR count). The number of thioether (sulfide) groups is 1. The van der Waals surface area contributed by atoms with Crippen LogP contribution in [0, 0.1) is 22.7 Å². The fourth-order valence-corrected chi connectivity index (χ4v) is 7.61. The second kappa shape index (κ2) is 17.5. The van der Waals surface area contributed by atoms with Gasteiger partial charge in [0.25, 0.3) is 0 Å². The molecule has 1 amide bonds. The number of carboxylic acid groups (broad SMARTS) is 1. The number of carbonyl (C=O) groups is 2. The number of nitriles is 2. The molecule has 1 fully saturated rings. The smallest absolute Gasteiger partial charge is 0.326 e. The van der Waals surface area contributed by atoms with E-state index in [1.807, 2.05) is 29.6 Å². The standard InChI is InChI=1S/C36H37ClN8O4S2/c1-22(36(47)48)45(35(46)30(41)12-13-38)16-17-49-27-10-6-23(7-11-27)31-28(18-39)32(44-14-2-3-15-44)43-34(29(31)19-40)51-21-26-20-50-33(42-26)24-4-8-25(37)9-5-24/h4-11,20,22,30H,2-3,12-17,21,38,41H2,1H3,(H,47,48)/t22-,30-/m0/s1. The Balaban J connectivity index is 1.39. The van der Waals surface area contributed by atoms with E-state index in [0.717, 1.165) is 42.2 Å². The van der Waals surface area contributed by atoms with Crippen molar-refractivity contribution in [2.45, 2.75) is 49.0 Å². The SMILES string of the molecule is C[C@@H](C(=O)O)N(CCOc1ccc(-c2c(C#N)c(SCc3csc(-c4ccc(Cl)cc4)n3)nc(N3CCCC3)c2C#N)cc1)C(=O)[C@@H](N)CCN. The Labute approximate surface area is 309 Å². The molecule has 2 aromatic heterocycles. The van der Waals surface area contributed by atoms with Gasteiger partial charge < -0.3 is 31.1 Å². The van der Waals surface area contributed by atoms with Gasteiger partial charge >= 0.3 is 5.97 Å². The van der Waals surface area contributed by atoms with Crippen molar-refractivity contribution in [1.82, 2.24) is 14.9 Å². The van der Waals surface area contributed by atoms with Crippen molar-refractivity contribution in [2.75, 3.05) is 37.7 Å². The molecule has 51 heavy (non-hydrogen) atoms. The summed E-state index contributed by atoms with van der Waals surface area (Å²) in [5.74, 6) is -0.190. The highest BCUT2D eigenvalue weighted by atomic mass is 35.5. The number of benzene rings is 2. The van der Waals surface area contributed by atoms with Crippen LogP contribution in [-0.2, 0) is 15.3 Å². The van der Waals surface area contributed by atoms with E-state index >= 15 is 0 Å². The summed E-state index contributed by atoms with van der Waals surface area (Å²) in [5.41, 5.74) is 15.0. The van der Waals surface area contributed by atoms with E-state index in [1.54, 1.807) is 24.3 Å². The molecule has 12 nitrogen and oxygen atoms in total. The fourth-order valence-electron chi connectivity index (χ4n) is 5.68. The predicted molar refractivity (Wildman–Crippen MR) is 199 cm³/mol. The normalized spacial score (nSPS) is 13.6. The molecular weight excluding hydrogens is 708 g/mol. The van der Waals surface area contributed by atoms with Crippen LogP contribution >= 0.6 is 34.7 Å². The molecule has 2 aromatic carbocycles. The van der Waals surface area contributed by atoms with E-state index < -0.39 is 24.0 Å². The van der Waals surface area contributed by atoms with Gasteiger partial charge in [-0.15, -0.1) is 11.3 Å². The minimum Gasteiger partial charge on any atom is -0.492 e. The zero-order chi connectivity index (χ0) is 36.5. The Hall–Kier alpha value is -4.70. The van der Waals surface area contributed by atoms with Crippen LogP contribution in [0.2, 0.25) is 5.02 Å². The molecule has 2 atom stereocenters. The third-order valence-electron chi connectivity index (χ3n) is 8.42. The van der Waals surface area contributed by atoms with Crippen molar-refractivity contribution in [3.8, 4) is 39.6 Å². The average Bonchev–Trinajstić information content (AvgIpc) is 3.85. The number of hydrogen-bond acceptors (Lipinski definition) is 12. The molecule has 0 unspecified atom stereocenters. The number of rotatable bonds is 15. The van der Waals surface area contributed by atoms with Gasteiger partial charge in [0.05, 0.1) is 23.8 Å². The number of amides is 1. The van der Waals surface area contributed by atoms with Gasteiger partial charge in [-0.2, -0.15) is 10.5 Å². The summed E-state index contributed by atoms with van der Waals surface area (Å²) in [4.78, 5) is 37.5. The molecule has 4 aromatic rings. The first-order valence-electron chi connectivity index (χ1n) is 16.3. The maximum Gasteiger partial charge on any atom is 0.326 e. The number of carboxylic acids is 1. The fraction of sp³-hybridized carbons (Fsp3) is 0.333. The van der Waals surface area contributed by atoms with E-state index in [1.165, 1.54) is 34.9 Å². The zero-order valence-electron chi connectivity index (χ0n) is 27.9. The minimum atomic E-state index is -1.16. The molecule has 3 heterocycles. The van der Waals surface area contributed by atoms with Gasteiger partial charge in [0.15, 0.2) is 0 Å². The van der Waals surface area contributed by atoms with Crippen LogP contribution in [0.25, 0.3) is 21.7 Å². The largest absolute Gasteiger partial charge is 0.492 e. The lowest BCUT2D eigenvalue weighted by Gasteiger charge is -2.29. The van der Waals surface area contributed by atoms with E-state index in [0.29, 0.717) is 49.6 Å². The Morgan fingerprint density at radius 1 is 1.08 bits per heavy atom. The van der Waals surface area contributed by atoms with Crippen molar-refractivity contribution in [1.29, 1.82) is 10.5 Å². The van der Waals surface area contributed by atoms with Crippen LogP contribution in [0.5, 0.6) is 5.75 Å². The maximum atomic E-state index is 12.8. The Kier molecular flexibility index (Phi) is 12.9. The summed E-state index contributed by atoms with van der Waals surface area (Å²) in [6.07, 6.45) is 2.19. The van der Waals surface area contributed by atoms with Crippen LogP contribution in [0.4, 0.5) is 5.82 Å². The highest BCUT2D eigenvalue weighted by molar-refractivity contribution is 7.98. The van der Waals surface area contributed by atoms with E-state index in [9.17, 15) is 25.2 Å². The molecule has 0 bridgehead atoms. The molecule has 1 saturated heterocycles. The molecular formula is C36H37ClN8O4S2. The lowest BCUT2D eigenvalue weighted by Crippen LogP contribution is -2.52. The van der Waals surface area contributed by atoms with Crippen LogP contribution in [0.15, 0.2) is 58.9 Å². The van der Waals surface area contributed by atoms with E-state index in [-0.39, 0.29) is 26.1 Å². The molecule has 0 spiro atoms. The van der Waals surface area contributed by atoms with Crippen LogP contribution in [0.3, 0.4) is 0 Å². The molecule has 1 aliphatic heterocycles. The lowest BCUT2D eigenvalue weighted by molar-refractivity contribution is -0.150. The van der Waals surface area contributed by atoms with Gasteiger partial charge in [0.1, 0.15) is 52.0 Å². The third kappa shape index (κ3) is 8.97. The molecule has 1 aliphatic rings. The summed E-state index contributed by atoms with van der Waals surface area (Å²) in [6.45, 7) is 3.14. The van der Waals surface area contributed by atoms with Crippen LogP contribution in [0.1, 0.15) is 43.0 Å². The molecule has 5 N–H and O–H groups in total. The average molecular weight is 745 g/mol. The van der Waals surface area contributed by atoms with Gasteiger partial charge in [-0.25, -0.2) is 14.8 Å². The highest BCUT2D eigenvalue weighted by Crippen LogP contribution is 2.40. The van der Waals surface area contributed by atoms with Crippen LogP contribution in [-0.4, -0.2) is 76.7 Å². The molecule has 0 saturated carbocycles. The number of halogens is 1. The van der Waals surface area contributed by atoms with Gasteiger partial charge in [0, 0.05) is 40.4 Å². The number of carbonyl (C=O) groups excluding carboxylic acids is 1. The first kappa shape index (κ1) is 37.6. The monoisotopic (exact) mass is 744 g/mol. The van der Waals surface area contributed by atoms with E-state index in [4.69, 9.17) is 37.8 Å². The van der Waals surface area contributed by atoms with Gasteiger partial charge in [-0.1, -0.05) is 47.6 Å².